The lowest BCUT2D eigenvalue weighted by atomic mass is 9.83. The molecule has 0 radical (unpaired) electrons. The Balaban J connectivity index is 0.000000815. The summed E-state index contributed by atoms with van der Waals surface area (Å²) < 4.78 is 14.2. The number of nitro groups is 3. The van der Waals surface area contributed by atoms with Crippen molar-refractivity contribution in [3.63, 3.8) is 0 Å². The molecule has 0 saturated carbocycles. The highest BCUT2D eigenvalue weighted by Crippen LogP contribution is 2.28. The van der Waals surface area contributed by atoms with E-state index in [9.17, 15) is 59.1 Å². The summed E-state index contributed by atoms with van der Waals surface area (Å²) >= 11 is 0. The number of nitrogens with zero attached hydrogens (tertiary/aromatic N) is 3. The Morgan fingerprint density at radius 1 is 0.567 bits per heavy atom. The first-order chi connectivity index (χ1) is 28.4. The van der Waals surface area contributed by atoms with Crippen molar-refractivity contribution in [3.8, 4) is 0 Å². The fourth-order valence-corrected chi connectivity index (χ4v) is 5.35. The van der Waals surface area contributed by atoms with E-state index in [1.807, 2.05) is 18.2 Å². The minimum atomic E-state index is -1.15. The number of hydrogen-bond acceptors (Lipinski definition) is 15. The molecule has 60 heavy (non-hydrogen) atoms. The van der Waals surface area contributed by atoms with Crippen LogP contribution in [0.15, 0.2) is 97.2 Å². The molecule has 0 aromatic heterocycles. The van der Waals surface area contributed by atoms with E-state index in [4.69, 9.17) is 9.47 Å². The van der Waals surface area contributed by atoms with Gasteiger partial charge in [0.05, 0.1) is 36.6 Å². The third-order valence-corrected chi connectivity index (χ3v) is 7.80. The Morgan fingerprint density at radius 2 is 0.917 bits per heavy atom. The summed E-state index contributed by atoms with van der Waals surface area (Å²) in [4.78, 5) is 98.0. The first-order valence-electron chi connectivity index (χ1n) is 18.6. The molecule has 0 heterocycles. The normalized spacial score (nSPS) is 12.0. The van der Waals surface area contributed by atoms with Crippen LogP contribution in [0.4, 0.5) is 0 Å². The highest BCUT2D eigenvalue weighted by Gasteiger charge is 2.39. The number of Topliss-reactive ketones (excluding diaryl/α,β-unsaturated/α-hetero) is 3. The molecule has 0 fully saturated rings. The molecule has 0 amide bonds. The molecule has 324 valence electrons. The van der Waals surface area contributed by atoms with Crippen molar-refractivity contribution in [1.82, 2.24) is 0 Å². The average molecular weight is 838 g/mol. The Hall–Kier alpha value is -6.98. The van der Waals surface area contributed by atoms with Gasteiger partial charge in [0, 0.05) is 15.9 Å². The van der Waals surface area contributed by atoms with E-state index in [2.05, 4.69) is 4.74 Å². The Morgan fingerprint density at radius 3 is 1.20 bits per heavy atom. The Labute approximate surface area is 347 Å². The third-order valence-electron chi connectivity index (χ3n) is 7.80. The van der Waals surface area contributed by atoms with Crippen LogP contribution in [0, 0.1) is 42.2 Å². The molecule has 18 nitrogen and oxygen atoms in total. The van der Waals surface area contributed by atoms with Crippen molar-refractivity contribution >= 4 is 41.3 Å². The van der Waals surface area contributed by atoms with Crippen molar-refractivity contribution < 1.29 is 57.7 Å². The van der Waals surface area contributed by atoms with Gasteiger partial charge in [0.25, 0.3) is 0 Å². The molecule has 0 N–H and O–H groups in total. The number of ether oxygens (including phenoxy) is 3. The first kappa shape index (κ1) is 53.0. The molecule has 0 bridgehead atoms. The average Bonchev–Trinajstić information content (AvgIpc) is 3.18. The summed E-state index contributed by atoms with van der Waals surface area (Å²) in [7, 11) is 0. The summed E-state index contributed by atoms with van der Waals surface area (Å²) in [6, 6.07) is 26.2. The monoisotopic (exact) mass is 837 g/mol. The smallest absolute Gasteiger partial charge is 0.317 e. The number of hydrogen-bond donors (Lipinski definition) is 0. The van der Waals surface area contributed by atoms with Crippen LogP contribution in [-0.2, 0) is 43.0 Å². The molecule has 0 spiro atoms. The summed E-state index contributed by atoms with van der Waals surface area (Å²) in [6.07, 6.45) is 2.28. The molecule has 0 aliphatic heterocycles. The largest absolute Gasteiger partial charge is 0.466 e. The van der Waals surface area contributed by atoms with Gasteiger partial charge < -0.3 is 14.2 Å². The second-order valence-electron chi connectivity index (χ2n) is 12.4. The molecule has 0 saturated heterocycles. The first-order valence-corrected chi connectivity index (χ1v) is 18.6. The van der Waals surface area contributed by atoms with Crippen LogP contribution in [0.5, 0.6) is 0 Å². The van der Waals surface area contributed by atoms with Crippen molar-refractivity contribution in [1.29, 1.82) is 0 Å². The van der Waals surface area contributed by atoms with Crippen molar-refractivity contribution in [2.24, 2.45) is 11.8 Å². The second-order valence-corrected chi connectivity index (χ2v) is 12.4. The maximum atomic E-state index is 11.9. The van der Waals surface area contributed by atoms with E-state index in [0.717, 1.165) is 11.8 Å². The predicted octanol–water partition coefficient (Wildman–Crippen LogP) is 6.09. The minimum Gasteiger partial charge on any atom is -0.466 e. The van der Waals surface area contributed by atoms with Gasteiger partial charge in [-0.25, -0.2) is 0 Å². The van der Waals surface area contributed by atoms with E-state index in [1.165, 1.54) is 26.8 Å². The zero-order valence-electron chi connectivity index (χ0n) is 34.3. The zero-order valence-corrected chi connectivity index (χ0v) is 34.3. The summed E-state index contributed by atoms with van der Waals surface area (Å²) in [5, 5.41) is 31.6. The number of esters is 3. The lowest BCUT2D eigenvalue weighted by Crippen LogP contribution is -2.34. The molecule has 4 atom stereocenters. The Kier molecular flexibility index (Phi) is 26.6. The van der Waals surface area contributed by atoms with E-state index in [-0.39, 0.29) is 25.4 Å². The third kappa shape index (κ3) is 22.7. The SMILES string of the molecule is CCOC(=O)C(C(C)=O)[C@@H](C[N+](=O)[O-])c1ccccc1.CCOC(=O)C(C(C)=O)[C@H](C[N+](=O)[O-])c1ccccc1.CCOC(=O)CC(C)=O.O=[N+]([O-])/C=C/c1ccccc1. The van der Waals surface area contributed by atoms with E-state index in [0.29, 0.717) is 17.7 Å². The standard InChI is InChI=1S/2C14H17NO5.C8H7NO2.C6H10O3/c2*1-3-20-14(17)13(10(2)16)12(9-15(18)19)11-7-5-4-6-8-11;10-9(11)7-6-8-4-2-1-3-5-8;1-3-9-6(8)4-5(2)7/h2*4-8,12-13H,3,9H2,1-2H3;1-7H;3-4H2,1-2H3/b;;7-6+;/t2*12-,13?;;/m10../s1. The fraction of sp³-hybridized carbons (Fsp3) is 0.381. The Bertz CT molecular complexity index is 1780. The molecule has 2 unspecified atom stereocenters. The van der Waals surface area contributed by atoms with E-state index < -0.39 is 81.0 Å². The number of carbonyl (C=O) groups excluding carboxylic acids is 6. The fourth-order valence-electron chi connectivity index (χ4n) is 5.35. The number of ketones is 3. The van der Waals surface area contributed by atoms with Crippen molar-refractivity contribution in [2.75, 3.05) is 32.9 Å². The minimum absolute atomic E-state index is 0.103. The van der Waals surface area contributed by atoms with Crippen LogP contribution in [0.2, 0.25) is 0 Å². The van der Waals surface area contributed by atoms with Crippen LogP contribution in [0.25, 0.3) is 6.08 Å². The molecular weight excluding hydrogens is 786 g/mol. The maximum absolute atomic E-state index is 11.9. The zero-order chi connectivity index (χ0) is 45.6. The lowest BCUT2D eigenvalue weighted by Gasteiger charge is -2.20. The molecule has 18 heteroatoms. The van der Waals surface area contributed by atoms with Gasteiger partial charge >= 0.3 is 17.9 Å². The molecular formula is C42H51N3O15. The van der Waals surface area contributed by atoms with Crippen LogP contribution < -0.4 is 0 Å². The molecule has 0 aliphatic rings. The predicted molar refractivity (Wildman–Crippen MR) is 218 cm³/mol. The number of benzene rings is 3. The topological polar surface area (TPSA) is 260 Å². The van der Waals surface area contributed by atoms with Gasteiger partial charge in [-0.3, -0.25) is 59.1 Å². The number of carbonyl (C=O) groups is 6. The van der Waals surface area contributed by atoms with Crippen LogP contribution in [0.3, 0.4) is 0 Å². The van der Waals surface area contributed by atoms with Crippen LogP contribution >= 0.6 is 0 Å². The van der Waals surface area contributed by atoms with Crippen LogP contribution in [0.1, 0.15) is 76.5 Å². The van der Waals surface area contributed by atoms with Crippen molar-refractivity contribution in [2.45, 2.75) is 59.8 Å². The van der Waals surface area contributed by atoms with Gasteiger partial charge in [-0.2, -0.15) is 0 Å². The highest BCUT2D eigenvalue weighted by molar-refractivity contribution is 5.99. The van der Waals surface area contributed by atoms with E-state index in [1.54, 1.807) is 93.6 Å². The maximum Gasteiger partial charge on any atom is 0.317 e. The van der Waals surface area contributed by atoms with Gasteiger partial charge in [0.2, 0.25) is 19.3 Å². The molecule has 3 aromatic carbocycles. The summed E-state index contributed by atoms with van der Waals surface area (Å²) in [6.45, 7) is 8.42. The lowest BCUT2D eigenvalue weighted by molar-refractivity contribution is -0.484. The van der Waals surface area contributed by atoms with Gasteiger partial charge in [0.15, 0.2) is 0 Å². The van der Waals surface area contributed by atoms with Gasteiger partial charge in [0.1, 0.15) is 35.6 Å². The second kappa shape index (κ2) is 30.1. The quantitative estimate of drug-likeness (QED) is 0.0435. The van der Waals surface area contributed by atoms with Crippen LogP contribution in [-0.4, -0.2) is 82.9 Å². The van der Waals surface area contributed by atoms with Crippen molar-refractivity contribution in [3.05, 3.63) is 144 Å². The molecule has 3 aromatic rings. The van der Waals surface area contributed by atoms with Gasteiger partial charge in [-0.05, 0) is 58.2 Å². The molecule has 0 aliphatic carbocycles. The summed E-state index contributed by atoms with van der Waals surface area (Å²) in [5.74, 6) is -6.82. The van der Waals surface area contributed by atoms with Gasteiger partial charge in [-0.1, -0.05) is 91.0 Å². The van der Waals surface area contributed by atoms with Gasteiger partial charge in [-0.15, -0.1) is 0 Å². The number of rotatable bonds is 19. The highest BCUT2D eigenvalue weighted by atomic mass is 16.6. The summed E-state index contributed by atoms with van der Waals surface area (Å²) in [5.41, 5.74) is 2.00. The molecule has 3 rings (SSSR count). The van der Waals surface area contributed by atoms with E-state index >= 15 is 0 Å².